The van der Waals surface area contributed by atoms with Gasteiger partial charge in [0.15, 0.2) is 0 Å². The molecule has 10 heteroatoms. The molecule has 0 unspecified atom stereocenters. The van der Waals surface area contributed by atoms with Crippen LogP contribution in [0.25, 0.3) is 0 Å². The summed E-state index contributed by atoms with van der Waals surface area (Å²) in [5.74, 6) is 0. The first kappa shape index (κ1) is 22.7. The van der Waals surface area contributed by atoms with Crippen molar-refractivity contribution in [2.75, 3.05) is 0 Å². The molecule has 0 aromatic heterocycles. The molecular formula is H4Na2O6S2. The van der Waals surface area contributed by atoms with Crippen LogP contribution in [-0.2, 0) is 22.7 Å². The van der Waals surface area contributed by atoms with E-state index in [1.807, 2.05) is 0 Å². The van der Waals surface area contributed by atoms with E-state index in [0.29, 0.717) is 0 Å². The Morgan fingerprint density at radius 2 is 1.20 bits per heavy atom. The van der Waals surface area contributed by atoms with Gasteiger partial charge in [0, 0.05) is 0 Å². The molecule has 0 aromatic rings. The van der Waals surface area contributed by atoms with Crippen molar-refractivity contribution in [2.45, 2.75) is 0 Å². The summed E-state index contributed by atoms with van der Waals surface area (Å²) in [5.41, 5.74) is 0. The number of hydrogen-bond donors (Lipinski definition) is 2. The van der Waals surface area contributed by atoms with Gasteiger partial charge in [-0.15, -0.1) is 11.4 Å². The third kappa shape index (κ3) is 185. The second kappa shape index (κ2) is 17.3. The van der Waals surface area contributed by atoms with Crippen molar-refractivity contribution in [3.8, 4) is 0 Å². The SMILES string of the molecule is O=S(O)O.O=S([O-])[O-].[H+].[Na+].[NaH]. The van der Waals surface area contributed by atoms with Gasteiger partial charge >= 0.3 is 60.5 Å². The minimum absolute atomic E-state index is 0. The van der Waals surface area contributed by atoms with Crippen molar-refractivity contribution in [1.29, 1.82) is 0 Å². The zero-order valence-electron chi connectivity index (χ0n) is 5.34. The Morgan fingerprint density at radius 1 is 1.20 bits per heavy atom. The van der Waals surface area contributed by atoms with Gasteiger partial charge in [0.25, 0.3) is 11.4 Å². The Balaban J connectivity index is -0.0000000171. The maximum absolute atomic E-state index is 8.67. The fraction of sp³-hybridized carbons (Fsp3) is 0. The summed E-state index contributed by atoms with van der Waals surface area (Å²) in [5, 5.41) is 0. The maximum atomic E-state index is 8.67. The Bertz CT molecular complexity index is 76.6. The average molecular weight is 210 g/mol. The fourth-order valence-electron chi connectivity index (χ4n) is 0. The van der Waals surface area contributed by atoms with E-state index in [1.54, 1.807) is 0 Å². The van der Waals surface area contributed by atoms with E-state index >= 15 is 0 Å². The third-order valence-electron chi connectivity index (χ3n) is 0. The predicted octanol–water partition coefficient (Wildman–Crippen LogP) is -4.85. The van der Waals surface area contributed by atoms with Crippen LogP contribution in [0.3, 0.4) is 0 Å². The van der Waals surface area contributed by atoms with Gasteiger partial charge in [0.1, 0.15) is 0 Å². The summed E-state index contributed by atoms with van der Waals surface area (Å²) < 4.78 is 48.2. The molecule has 0 amide bonds. The van der Waals surface area contributed by atoms with E-state index in [1.165, 1.54) is 0 Å². The molecule has 0 atom stereocenters. The minimum atomic E-state index is -3.11. The molecule has 0 spiro atoms. The van der Waals surface area contributed by atoms with Crippen LogP contribution in [0.4, 0.5) is 0 Å². The summed E-state index contributed by atoms with van der Waals surface area (Å²) in [7, 11) is 0. The molecule has 0 aliphatic heterocycles. The summed E-state index contributed by atoms with van der Waals surface area (Å²) >= 11 is -5.72. The van der Waals surface area contributed by atoms with Crippen LogP contribution in [-0.4, -0.2) is 56.2 Å². The van der Waals surface area contributed by atoms with E-state index in [0.717, 1.165) is 0 Å². The summed E-state index contributed by atoms with van der Waals surface area (Å²) in [6, 6.07) is 0. The van der Waals surface area contributed by atoms with Crippen LogP contribution in [0.1, 0.15) is 1.43 Å². The van der Waals surface area contributed by atoms with Crippen LogP contribution >= 0.6 is 0 Å². The van der Waals surface area contributed by atoms with Gasteiger partial charge in [-0.3, -0.25) is 13.3 Å². The Kier molecular flexibility index (Phi) is 39.3. The van der Waals surface area contributed by atoms with E-state index in [4.69, 9.17) is 26.6 Å². The van der Waals surface area contributed by atoms with Crippen LogP contribution in [0.5, 0.6) is 0 Å². The normalized spacial score (nSPS) is 7.00. The van der Waals surface area contributed by atoms with E-state index in [9.17, 15) is 0 Å². The molecule has 0 saturated heterocycles. The molecule has 0 bridgehead atoms. The molecule has 0 fully saturated rings. The van der Waals surface area contributed by atoms with Gasteiger partial charge in [-0.2, -0.15) is 4.21 Å². The molecular weight excluding hydrogens is 206 g/mol. The topological polar surface area (TPSA) is 121 Å². The van der Waals surface area contributed by atoms with E-state index in [-0.39, 0.29) is 60.5 Å². The second-order valence-corrected chi connectivity index (χ2v) is 1.30. The van der Waals surface area contributed by atoms with Gasteiger partial charge in [0.2, 0.25) is 0 Å². The monoisotopic (exact) mass is 210 g/mol. The Hall–Kier alpha value is 2.14. The van der Waals surface area contributed by atoms with Gasteiger partial charge < -0.3 is 9.11 Å². The molecule has 0 heterocycles. The zero-order chi connectivity index (χ0) is 7.15. The first-order chi connectivity index (χ1) is 3.46. The fourth-order valence-corrected chi connectivity index (χ4v) is 0. The summed E-state index contributed by atoms with van der Waals surface area (Å²) in [6.07, 6.45) is 0. The quantitative estimate of drug-likeness (QED) is 0.305. The van der Waals surface area contributed by atoms with Crippen LogP contribution < -0.4 is 29.6 Å². The molecule has 2 N–H and O–H groups in total. The standard InChI is InChI=1S/2Na.2H2O3S.H/c;;2*1-4(2)3;/h;;2*(H2,1,2,3);/q;+1;;;/p-1. The second-order valence-electron chi connectivity index (χ2n) is 0.435. The third-order valence-corrected chi connectivity index (χ3v) is 0. The molecule has 0 aliphatic rings. The molecule has 0 saturated carbocycles. The molecule has 10 heavy (non-hydrogen) atoms. The predicted molar refractivity (Wildman–Crippen MR) is 31.4 cm³/mol. The van der Waals surface area contributed by atoms with Gasteiger partial charge in [0.05, 0.1) is 0 Å². The average Bonchev–Trinajstić information content (AvgIpc) is 1.25. The number of rotatable bonds is 0. The van der Waals surface area contributed by atoms with Gasteiger partial charge in [-0.25, -0.2) is 0 Å². The van der Waals surface area contributed by atoms with Crippen molar-refractivity contribution in [1.82, 2.24) is 0 Å². The van der Waals surface area contributed by atoms with Crippen molar-refractivity contribution in [3.05, 3.63) is 0 Å². The Labute approximate surface area is 108 Å². The molecule has 0 rings (SSSR count). The van der Waals surface area contributed by atoms with Gasteiger partial charge in [-0.1, -0.05) is 0 Å². The van der Waals surface area contributed by atoms with Crippen molar-refractivity contribution in [3.63, 3.8) is 0 Å². The first-order valence-corrected chi connectivity index (χ1v) is 3.10. The van der Waals surface area contributed by atoms with Gasteiger partial charge in [-0.05, 0) is 0 Å². The number of hydrogen-bond acceptors (Lipinski definition) is 4. The van der Waals surface area contributed by atoms with Crippen LogP contribution in [0.2, 0.25) is 0 Å². The van der Waals surface area contributed by atoms with Crippen LogP contribution in [0, 0.1) is 0 Å². The van der Waals surface area contributed by atoms with Crippen molar-refractivity contribution >= 4 is 52.3 Å². The van der Waals surface area contributed by atoms with E-state index < -0.39 is 22.7 Å². The Morgan fingerprint density at radius 3 is 1.20 bits per heavy atom. The van der Waals surface area contributed by atoms with Crippen molar-refractivity contribution < 1.29 is 57.6 Å². The summed E-state index contributed by atoms with van der Waals surface area (Å²) in [6.45, 7) is 0. The zero-order valence-corrected chi connectivity index (χ0v) is 7.98. The van der Waals surface area contributed by atoms with E-state index in [2.05, 4.69) is 0 Å². The molecule has 0 radical (unpaired) electrons. The van der Waals surface area contributed by atoms with Crippen LogP contribution in [0.15, 0.2) is 0 Å². The first-order valence-electron chi connectivity index (χ1n) is 1.03. The molecule has 54 valence electrons. The summed E-state index contributed by atoms with van der Waals surface area (Å²) in [4.78, 5) is 0. The van der Waals surface area contributed by atoms with Crippen molar-refractivity contribution in [2.24, 2.45) is 0 Å². The molecule has 0 aromatic carbocycles. The molecule has 6 nitrogen and oxygen atoms in total. The molecule has 0 aliphatic carbocycles.